The fourth-order valence-corrected chi connectivity index (χ4v) is 3.41. The van der Waals surface area contributed by atoms with Gasteiger partial charge < -0.3 is 19.2 Å². The molecule has 3 aliphatic heterocycles. The number of Topliss-reactive ketones (excluding diaryl/α,β-unsaturated/α-hetero) is 1. The van der Waals surface area contributed by atoms with Crippen molar-refractivity contribution in [2.45, 2.75) is 0 Å². The second-order valence-corrected chi connectivity index (χ2v) is 8.49. The summed E-state index contributed by atoms with van der Waals surface area (Å²) in [4.78, 5) is 39.2. The molecular weight excluding hydrogens is 421 g/mol. The summed E-state index contributed by atoms with van der Waals surface area (Å²) in [5, 5.41) is 0. The maximum atomic E-state index is 12.4. The highest BCUT2D eigenvalue weighted by Gasteiger charge is 2.43. The third kappa shape index (κ3) is 4.82. The number of carbonyl (C=O) groups is 2. The lowest BCUT2D eigenvalue weighted by atomic mass is 10.0. The van der Waals surface area contributed by atoms with E-state index in [2.05, 4.69) is 8.60 Å². The average molecular weight is 440 g/mol. The third-order valence-electron chi connectivity index (χ3n) is 4.54. The Morgan fingerprint density at radius 2 is 1.45 bits per heavy atom. The Morgan fingerprint density at radius 3 is 1.97 bits per heavy atom. The summed E-state index contributed by atoms with van der Waals surface area (Å²) in [7, 11) is -4.13. The first kappa shape index (κ1) is 20.0. The average Bonchev–Trinajstić information content (AvgIpc) is 3.56. The Bertz CT molecular complexity index is 938. The summed E-state index contributed by atoms with van der Waals surface area (Å²) in [6, 6.07) is 8.08. The van der Waals surface area contributed by atoms with E-state index in [9.17, 15) is 14.2 Å². The minimum absolute atomic E-state index is 0.00546. The molecule has 3 heterocycles. The van der Waals surface area contributed by atoms with Gasteiger partial charge in [0.25, 0.3) is 0 Å². The van der Waals surface area contributed by atoms with Gasteiger partial charge in [0.15, 0.2) is 0 Å². The summed E-state index contributed by atoms with van der Waals surface area (Å²) in [6.07, 6.45) is 1.52. The van der Waals surface area contributed by atoms with Gasteiger partial charge in [-0.2, -0.15) is 4.08 Å². The van der Waals surface area contributed by atoms with Gasteiger partial charge in [-0.25, -0.2) is 4.57 Å². The molecule has 0 amide bonds. The molecule has 154 valence electrons. The number of para-hydroxylation sites is 1. The van der Waals surface area contributed by atoms with Gasteiger partial charge in [-0.3, -0.25) is 14.5 Å². The van der Waals surface area contributed by atoms with E-state index in [0.717, 1.165) is 39.3 Å². The third-order valence-corrected chi connectivity index (χ3v) is 5.68. The topological polar surface area (TPSA) is 98.9 Å². The van der Waals surface area contributed by atoms with Crippen LogP contribution in [0.4, 0.5) is 0 Å². The van der Waals surface area contributed by atoms with E-state index in [1.54, 1.807) is 18.2 Å². The molecule has 1 atom stereocenters. The molecule has 0 aromatic heterocycles. The van der Waals surface area contributed by atoms with E-state index in [4.69, 9.17) is 16.8 Å². The van der Waals surface area contributed by atoms with Crippen LogP contribution in [0.5, 0.6) is 5.75 Å². The number of phosphoric ester groups is 1. The van der Waals surface area contributed by atoms with Crippen molar-refractivity contribution in [1.29, 1.82) is 0 Å². The van der Waals surface area contributed by atoms with E-state index < -0.39 is 7.82 Å². The van der Waals surface area contributed by atoms with Crippen LogP contribution in [0.25, 0.3) is 0 Å². The molecule has 3 saturated heterocycles. The van der Waals surface area contributed by atoms with Crippen LogP contribution in [-0.4, -0.2) is 70.4 Å². The van der Waals surface area contributed by atoms with Crippen LogP contribution in [0.3, 0.4) is 0 Å². The monoisotopic (exact) mass is 439 g/mol. The second-order valence-electron chi connectivity index (χ2n) is 6.82. The molecule has 0 saturated carbocycles. The van der Waals surface area contributed by atoms with Crippen LogP contribution in [0, 0.1) is 0 Å². The van der Waals surface area contributed by atoms with Gasteiger partial charge >= 0.3 is 7.82 Å². The molecule has 1 aromatic carbocycles. The molecule has 29 heavy (non-hydrogen) atoms. The van der Waals surface area contributed by atoms with Crippen molar-refractivity contribution in [3.63, 3.8) is 0 Å². The van der Waals surface area contributed by atoms with Crippen molar-refractivity contribution in [2.24, 2.45) is 0 Å². The molecule has 11 heteroatoms. The maximum Gasteiger partial charge on any atom is 0.544 e. The largest absolute Gasteiger partial charge is 0.544 e. The smallest absolute Gasteiger partial charge is 0.403 e. The summed E-state index contributed by atoms with van der Waals surface area (Å²) in [5.41, 5.74) is 1.89. The van der Waals surface area contributed by atoms with Crippen molar-refractivity contribution >= 4 is 31.3 Å². The normalized spacial score (nSPS) is 21.9. The Morgan fingerprint density at radius 1 is 0.897 bits per heavy atom. The number of phosphoric acid groups is 1. The zero-order valence-corrected chi connectivity index (χ0v) is 17.0. The minimum Gasteiger partial charge on any atom is -0.403 e. The molecule has 4 aliphatic rings. The number of carbonyl (C=O) groups excluding carboxylic acids is 2. The molecule has 1 aromatic rings. The fourth-order valence-electron chi connectivity index (χ4n) is 2.90. The standard InChI is InChI=1S/C12H13N3O2.C6H6ClO4P/c16-9-7-8(13-1-2-13)12(17)11(15-5-6-15)10(9)14-3-4-14;7-11-12(8,9)10-6-4-2-1-3-5-6/h7H,1-6H2;1-5H,(H,8,9). The van der Waals surface area contributed by atoms with E-state index in [-0.39, 0.29) is 17.3 Å². The zero-order chi connectivity index (χ0) is 20.6. The number of benzene rings is 1. The van der Waals surface area contributed by atoms with E-state index in [1.165, 1.54) is 18.2 Å². The van der Waals surface area contributed by atoms with E-state index in [0.29, 0.717) is 17.1 Å². The van der Waals surface area contributed by atoms with E-state index >= 15 is 0 Å². The number of nitrogens with zero attached hydrogens (tertiary/aromatic N) is 3. The van der Waals surface area contributed by atoms with Crippen LogP contribution < -0.4 is 4.52 Å². The SMILES string of the molecule is O=C1C=C(N2CC2)C(=O)C(N2CC2)=C1N1CC1.O=P(O)(OCl)Oc1ccccc1. The van der Waals surface area contributed by atoms with Crippen LogP contribution in [0.1, 0.15) is 0 Å². The minimum atomic E-state index is -4.13. The Kier molecular flexibility index (Phi) is 5.40. The quantitative estimate of drug-likeness (QED) is 0.401. The highest BCUT2D eigenvalue weighted by molar-refractivity contribution is 7.48. The van der Waals surface area contributed by atoms with Gasteiger partial charge in [0.05, 0.1) is 17.6 Å². The predicted octanol–water partition coefficient (Wildman–Crippen LogP) is 1.52. The van der Waals surface area contributed by atoms with Crippen molar-refractivity contribution in [2.75, 3.05) is 39.3 Å². The molecule has 1 N–H and O–H groups in total. The van der Waals surface area contributed by atoms with Gasteiger partial charge in [-0.15, -0.1) is 0 Å². The fraction of sp³-hybridized carbons (Fsp3) is 0.333. The summed E-state index contributed by atoms with van der Waals surface area (Å²) >= 11 is 4.70. The summed E-state index contributed by atoms with van der Waals surface area (Å²) in [5.74, 6) is 0.274. The molecular formula is C18H19ClN3O6P. The molecule has 0 bridgehead atoms. The van der Waals surface area contributed by atoms with Gasteiger partial charge in [-0.05, 0) is 12.1 Å². The maximum absolute atomic E-state index is 12.4. The van der Waals surface area contributed by atoms with Crippen LogP contribution in [0.2, 0.25) is 0 Å². The van der Waals surface area contributed by atoms with Crippen molar-refractivity contribution in [3.05, 3.63) is 53.5 Å². The first-order valence-corrected chi connectivity index (χ1v) is 10.9. The summed E-state index contributed by atoms with van der Waals surface area (Å²) in [6.45, 7) is 5.41. The van der Waals surface area contributed by atoms with Crippen molar-refractivity contribution < 1.29 is 27.6 Å². The highest BCUT2D eigenvalue weighted by Crippen LogP contribution is 2.44. The first-order chi connectivity index (χ1) is 13.9. The molecule has 1 aliphatic carbocycles. The second kappa shape index (κ2) is 7.84. The van der Waals surface area contributed by atoms with Gasteiger partial charge in [-0.1, -0.05) is 18.2 Å². The van der Waals surface area contributed by atoms with Gasteiger partial charge in [0.1, 0.15) is 17.1 Å². The lowest BCUT2D eigenvalue weighted by Gasteiger charge is -2.21. The van der Waals surface area contributed by atoms with Crippen LogP contribution >= 0.6 is 19.7 Å². The number of allylic oxidation sites excluding steroid dienone is 1. The summed E-state index contributed by atoms with van der Waals surface area (Å²) < 4.78 is 18.9. The van der Waals surface area contributed by atoms with Crippen LogP contribution in [-0.2, 0) is 18.2 Å². The number of hydrogen-bond acceptors (Lipinski definition) is 8. The predicted molar refractivity (Wildman–Crippen MR) is 104 cm³/mol. The lowest BCUT2D eigenvalue weighted by molar-refractivity contribution is -0.117. The van der Waals surface area contributed by atoms with Gasteiger partial charge in [0.2, 0.25) is 11.6 Å². The Balaban J connectivity index is 0.000000152. The number of ketones is 2. The number of rotatable bonds is 6. The van der Waals surface area contributed by atoms with Gasteiger partial charge in [0, 0.05) is 45.3 Å². The van der Waals surface area contributed by atoms with E-state index in [1.807, 2.05) is 14.7 Å². The lowest BCUT2D eigenvalue weighted by Crippen LogP contribution is -2.29. The number of halogens is 1. The highest BCUT2D eigenvalue weighted by atomic mass is 35.5. The molecule has 3 fully saturated rings. The molecule has 0 spiro atoms. The molecule has 9 nitrogen and oxygen atoms in total. The number of hydrogen-bond donors (Lipinski definition) is 1. The van der Waals surface area contributed by atoms with Crippen molar-refractivity contribution in [1.82, 2.24) is 14.7 Å². The van der Waals surface area contributed by atoms with Crippen LogP contribution in [0.15, 0.2) is 53.5 Å². The zero-order valence-electron chi connectivity index (χ0n) is 15.4. The first-order valence-electron chi connectivity index (χ1n) is 9.07. The van der Waals surface area contributed by atoms with Crippen molar-refractivity contribution in [3.8, 4) is 5.75 Å². The Labute approximate surface area is 172 Å². The molecule has 1 unspecified atom stereocenters. The Hall–Kier alpha value is -2.32. The molecule has 0 radical (unpaired) electrons. The molecule has 5 rings (SSSR count).